The van der Waals surface area contributed by atoms with E-state index in [-0.39, 0.29) is 18.1 Å². The van der Waals surface area contributed by atoms with Crippen molar-refractivity contribution < 1.29 is 9.53 Å². The summed E-state index contributed by atoms with van der Waals surface area (Å²) in [5, 5.41) is 7.46. The third kappa shape index (κ3) is 3.76. The van der Waals surface area contributed by atoms with Crippen LogP contribution in [-0.4, -0.2) is 28.5 Å². The maximum Gasteiger partial charge on any atom is 0.407 e. The van der Waals surface area contributed by atoms with Gasteiger partial charge in [0, 0.05) is 23.7 Å². The molecule has 0 spiro atoms. The van der Waals surface area contributed by atoms with Crippen LogP contribution in [0.5, 0.6) is 0 Å². The van der Waals surface area contributed by atoms with Crippen molar-refractivity contribution in [3.63, 3.8) is 0 Å². The number of carbonyl (C=O) groups is 1. The summed E-state index contributed by atoms with van der Waals surface area (Å²) in [5.74, 6) is 0.224. The van der Waals surface area contributed by atoms with Crippen LogP contribution in [0.15, 0.2) is 42.5 Å². The number of rotatable bonds is 5. The molecule has 2 unspecified atom stereocenters. The Bertz CT molecular complexity index is 765. The zero-order valence-corrected chi connectivity index (χ0v) is 15.0. The van der Waals surface area contributed by atoms with Gasteiger partial charge in [-0.3, -0.25) is 0 Å². The molecule has 132 valence electrons. The van der Waals surface area contributed by atoms with Gasteiger partial charge in [0.05, 0.1) is 11.4 Å². The van der Waals surface area contributed by atoms with Crippen molar-refractivity contribution in [2.24, 2.45) is 0 Å². The first-order valence-electron chi connectivity index (χ1n) is 8.84. The molecule has 5 nitrogen and oxygen atoms in total. The van der Waals surface area contributed by atoms with Crippen molar-refractivity contribution >= 4 is 6.09 Å². The zero-order chi connectivity index (χ0) is 17.8. The molecule has 2 aromatic rings. The molecule has 1 aliphatic carbocycles. The second-order valence-electron chi connectivity index (χ2n) is 6.43. The van der Waals surface area contributed by atoms with Crippen LogP contribution in [0.1, 0.15) is 42.6 Å². The van der Waals surface area contributed by atoms with Crippen molar-refractivity contribution in [2.75, 3.05) is 6.54 Å². The van der Waals surface area contributed by atoms with Gasteiger partial charge in [-0.05, 0) is 44.9 Å². The fraction of sp³-hybridized carbons (Fsp3) is 0.400. The number of allylic oxidation sites excluding steroid dienone is 1. The summed E-state index contributed by atoms with van der Waals surface area (Å²) in [5.41, 5.74) is 4.43. The first-order chi connectivity index (χ1) is 12.1. The van der Waals surface area contributed by atoms with Crippen LogP contribution < -0.4 is 5.32 Å². The van der Waals surface area contributed by atoms with E-state index in [0.717, 1.165) is 29.9 Å². The maximum atomic E-state index is 11.7. The lowest BCUT2D eigenvalue weighted by atomic mass is 9.96. The van der Waals surface area contributed by atoms with E-state index in [4.69, 9.17) is 9.84 Å². The van der Waals surface area contributed by atoms with E-state index in [0.29, 0.717) is 6.54 Å². The van der Waals surface area contributed by atoms with Gasteiger partial charge in [-0.15, -0.1) is 0 Å². The van der Waals surface area contributed by atoms with E-state index < -0.39 is 0 Å². The molecule has 1 N–H and O–H groups in total. The van der Waals surface area contributed by atoms with Gasteiger partial charge < -0.3 is 10.1 Å². The predicted octanol–water partition coefficient (Wildman–Crippen LogP) is 4.04. The molecule has 0 aliphatic heterocycles. The van der Waals surface area contributed by atoms with Crippen LogP contribution >= 0.6 is 0 Å². The monoisotopic (exact) mass is 339 g/mol. The Labute approximate surface area is 148 Å². The first kappa shape index (κ1) is 17.3. The molecule has 0 saturated carbocycles. The maximum absolute atomic E-state index is 11.7. The normalized spacial score (nSPS) is 19.2. The summed E-state index contributed by atoms with van der Waals surface area (Å²) in [6.45, 7) is 6.79. The van der Waals surface area contributed by atoms with Gasteiger partial charge in [-0.2, -0.15) is 5.10 Å². The summed E-state index contributed by atoms with van der Waals surface area (Å²) in [7, 11) is 0. The first-order valence-corrected chi connectivity index (χ1v) is 8.84. The number of ether oxygens (including phenoxy) is 1. The minimum Gasteiger partial charge on any atom is -0.442 e. The average Bonchev–Trinajstić information content (AvgIpc) is 3.17. The predicted molar refractivity (Wildman–Crippen MR) is 98.1 cm³/mol. The van der Waals surface area contributed by atoms with Crippen molar-refractivity contribution in [3.8, 4) is 5.69 Å². The van der Waals surface area contributed by atoms with E-state index >= 15 is 0 Å². The van der Waals surface area contributed by atoms with E-state index in [1.807, 2.05) is 42.8 Å². The lowest BCUT2D eigenvalue weighted by Crippen LogP contribution is -2.28. The lowest BCUT2D eigenvalue weighted by molar-refractivity contribution is 0.118. The Morgan fingerprint density at radius 2 is 2.04 bits per heavy atom. The number of benzene rings is 1. The largest absolute Gasteiger partial charge is 0.442 e. The number of aryl methyl sites for hydroxylation is 1. The number of aromatic nitrogens is 2. The standard InChI is InChI=1S/C20H25N3O2/c1-4-12-21-20(24)25-18-11-10-16(13-18)19-14(2)22-23(15(19)3)17-8-6-5-7-9-17/h5-11,16,18H,4,12-13H2,1-3H3,(H,21,24). The molecule has 1 amide bonds. The van der Waals surface area contributed by atoms with Crippen LogP contribution in [0, 0.1) is 13.8 Å². The van der Waals surface area contributed by atoms with Gasteiger partial charge in [0.1, 0.15) is 6.10 Å². The molecule has 1 aromatic heterocycles. The lowest BCUT2D eigenvalue weighted by Gasteiger charge is -2.14. The molecule has 0 saturated heterocycles. The second-order valence-corrected chi connectivity index (χ2v) is 6.43. The van der Waals surface area contributed by atoms with Gasteiger partial charge in [0.25, 0.3) is 0 Å². The Kier molecular flexibility index (Phi) is 5.22. The number of nitrogens with zero attached hydrogens (tertiary/aromatic N) is 2. The quantitative estimate of drug-likeness (QED) is 0.837. The van der Waals surface area contributed by atoms with E-state index in [1.54, 1.807) is 0 Å². The molecule has 1 aromatic carbocycles. The van der Waals surface area contributed by atoms with Crippen LogP contribution in [0.2, 0.25) is 0 Å². The van der Waals surface area contributed by atoms with Gasteiger partial charge in [-0.25, -0.2) is 9.48 Å². The highest BCUT2D eigenvalue weighted by atomic mass is 16.6. The number of alkyl carbamates (subject to hydrolysis) is 1. The Morgan fingerprint density at radius 1 is 1.28 bits per heavy atom. The van der Waals surface area contributed by atoms with E-state index in [2.05, 4.69) is 30.4 Å². The molecule has 1 aliphatic rings. The summed E-state index contributed by atoms with van der Waals surface area (Å²) in [6, 6.07) is 10.1. The number of nitrogens with one attached hydrogen (secondary N) is 1. The summed E-state index contributed by atoms with van der Waals surface area (Å²) in [6.07, 6.45) is 5.25. The molecule has 2 atom stereocenters. The third-order valence-corrected chi connectivity index (χ3v) is 4.54. The van der Waals surface area contributed by atoms with E-state index in [9.17, 15) is 4.79 Å². The smallest absolute Gasteiger partial charge is 0.407 e. The number of hydrogen-bond acceptors (Lipinski definition) is 3. The average molecular weight is 339 g/mol. The van der Waals surface area contributed by atoms with Crippen molar-refractivity contribution in [3.05, 3.63) is 59.4 Å². The highest BCUT2D eigenvalue weighted by molar-refractivity contribution is 5.67. The molecular formula is C20H25N3O2. The van der Waals surface area contributed by atoms with Crippen molar-refractivity contribution in [1.82, 2.24) is 15.1 Å². The van der Waals surface area contributed by atoms with Gasteiger partial charge in [-0.1, -0.05) is 31.2 Å². The Hall–Kier alpha value is -2.56. The summed E-state index contributed by atoms with van der Waals surface area (Å²) >= 11 is 0. The second kappa shape index (κ2) is 7.55. The van der Waals surface area contributed by atoms with Crippen LogP contribution in [0.4, 0.5) is 4.79 Å². The Morgan fingerprint density at radius 3 is 2.76 bits per heavy atom. The fourth-order valence-electron chi connectivity index (χ4n) is 3.39. The molecule has 25 heavy (non-hydrogen) atoms. The van der Waals surface area contributed by atoms with Crippen LogP contribution in [-0.2, 0) is 4.74 Å². The van der Waals surface area contributed by atoms with Crippen molar-refractivity contribution in [1.29, 1.82) is 0 Å². The number of amides is 1. The minimum absolute atomic E-state index is 0.180. The van der Waals surface area contributed by atoms with Crippen molar-refractivity contribution in [2.45, 2.75) is 45.6 Å². The SMILES string of the molecule is CCCNC(=O)OC1C=CC(c2c(C)nn(-c3ccccc3)c2C)C1. The minimum atomic E-state index is -0.342. The van der Waals surface area contributed by atoms with Gasteiger partial charge in [0.15, 0.2) is 0 Å². The number of para-hydroxylation sites is 1. The molecule has 1 heterocycles. The molecule has 3 rings (SSSR count). The molecule has 0 radical (unpaired) electrons. The topological polar surface area (TPSA) is 56.1 Å². The number of carbonyl (C=O) groups excluding carboxylic acids is 1. The highest BCUT2D eigenvalue weighted by Gasteiger charge is 2.28. The molecular weight excluding hydrogens is 314 g/mol. The molecule has 5 heteroatoms. The molecule has 0 bridgehead atoms. The molecule has 0 fully saturated rings. The number of hydrogen-bond donors (Lipinski definition) is 1. The fourth-order valence-corrected chi connectivity index (χ4v) is 3.39. The highest BCUT2D eigenvalue weighted by Crippen LogP contribution is 2.34. The Balaban J connectivity index is 1.73. The van der Waals surface area contributed by atoms with Crippen LogP contribution in [0.3, 0.4) is 0 Å². The van der Waals surface area contributed by atoms with E-state index in [1.165, 1.54) is 5.56 Å². The van der Waals surface area contributed by atoms with Gasteiger partial charge >= 0.3 is 6.09 Å². The summed E-state index contributed by atoms with van der Waals surface area (Å²) in [4.78, 5) is 11.7. The van der Waals surface area contributed by atoms with Gasteiger partial charge in [0.2, 0.25) is 0 Å². The van der Waals surface area contributed by atoms with Crippen LogP contribution in [0.25, 0.3) is 5.69 Å². The summed E-state index contributed by atoms with van der Waals surface area (Å²) < 4.78 is 7.46. The third-order valence-electron chi connectivity index (χ3n) is 4.54. The zero-order valence-electron chi connectivity index (χ0n) is 15.0.